The number of hydrogen-bond donors (Lipinski definition) is 1. The smallest absolute Gasteiger partial charge is 0.304 e. The Morgan fingerprint density at radius 1 is 1.75 bits per heavy atom. The maximum Gasteiger partial charge on any atom is 0.304 e. The Labute approximate surface area is 69.1 Å². The maximum absolute atomic E-state index is 12.6. The number of hydrogen-bond acceptors (Lipinski definition) is 3. The van der Waals surface area contributed by atoms with Crippen LogP contribution in [0, 0.1) is 5.92 Å². The highest BCUT2D eigenvalue weighted by Crippen LogP contribution is 2.22. The average molecular weight is 175 g/mol. The van der Waals surface area contributed by atoms with E-state index in [-0.39, 0.29) is 0 Å². The van der Waals surface area contributed by atoms with Crippen LogP contribution >= 0.6 is 0 Å². The Morgan fingerprint density at radius 2 is 2.33 bits per heavy atom. The number of carbonyl (C=O) groups excluding carboxylic acids is 2. The van der Waals surface area contributed by atoms with Crippen LogP contribution in [0.4, 0.5) is 4.39 Å². The second kappa shape index (κ2) is 3.08. The molecule has 0 saturated carbocycles. The summed E-state index contributed by atoms with van der Waals surface area (Å²) < 4.78 is 17.3. The van der Waals surface area contributed by atoms with Crippen LogP contribution < -0.4 is 5.32 Å². The predicted molar refractivity (Wildman–Crippen MR) is 37.8 cm³/mol. The third-order valence-electron chi connectivity index (χ3n) is 1.70. The average Bonchev–Trinajstić information content (AvgIpc) is 1.82. The molecule has 3 atom stereocenters. The van der Waals surface area contributed by atoms with E-state index < -0.39 is 30.2 Å². The Hall–Kier alpha value is -1.13. The third kappa shape index (κ3) is 1.54. The van der Waals surface area contributed by atoms with E-state index in [9.17, 15) is 14.0 Å². The highest BCUT2D eigenvalue weighted by Gasteiger charge is 2.45. The van der Waals surface area contributed by atoms with Gasteiger partial charge in [0.2, 0.25) is 5.91 Å². The topological polar surface area (TPSA) is 55.4 Å². The molecule has 1 aliphatic heterocycles. The second-order valence-electron chi connectivity index (χ2n) is 2.74. The second-order valence-corrected chi connectivity index (χ2v) is 2.74. The van der Waals surface area contributed by atoms with Crippen LogP contribution in [-0.2, 0) is 14.3 Å². The molecule has 0 aromatic carbocycles. The molecule has 1 heterocycles. The van der Waals surface area contributed by atoms with E-state index in [0.29, 0.717) is 0 Å². The Bertz CT molecular complexity index is 217. The zero-order valence-corrected chi connectivity index (χ0v) is 6.83. The molecule has 0 radical (unpaired) electrons. The first-order valence-corrected chi connectivity index (χ1v) is 3.64. The summed E-state index contributed by atoms with van der Waals surface area (Å²) in [6.07, 6.45) is -2.07. The van der Waals surface area contributed by atoms with Gasteiger partial charge in [0.25, 0.3) is 0 Å². The normalized spacial score (nSPS) is 30.1. The minimum absolute atomic E-state index is 0.406. The lowest BCUT2D eigenvalue weighted by atomic mass is 9.94. The summed E-state index contributed by atoms with van der Waals surface area (Å²) in [6, 6.07) is 0. The van der Waals surface area contributed by atoms with Crippen molar-refractivity contribution in [3.05, 3.63) is 0 Å². The fourth-order valence-electron chi connectivity index (χ4n) is 1.10. The molecule has 0 aliphatic carbocycles. The number of carbonyl (C=O) groups is 2. The zero-order valence-electron chi connectivity index (χ0n) is 6.83. The molecule has 68 valence electrons. The van der Waals surface area contributed by atoms with Crippen molar-refractivity contribution in [1.29, 1.82) is 0 Å². The van der Waals surface area contributed by atoms with Crippen molar-refractivity contribution in [2.75, 3.05) is 0 Å². The van der Waals surface area contributed by atoms with Gasteiger partial charge in [0.05, 0.1) is 0 Å². The molecule has 1 aliphatic rings. The van der Waals surface area contributed by atoms with Gasteiger partial charge in [-0.15, -0.1) is 0 Å². The number of amides is 1. The van der Waals surface area contributed by atoms with Gasteiger partial charge in [0, 0.05) is 6.92 Å². The zero-order chi connectivity index (χ0) is 9.30. The van der Waals surface area contributed by atoms with E-state index in [1.54, 1.807) is 0 Å². The van der Waals surface area contributed by atoms with Crippen molar-refractivity contribution < 1.29 is 18.7 Å². The van der Waals surface area contributed by atoms with Crippen molar-refractivity contribution in [2.45, 2.75) is 26.2 Å². The number of halogens is 1. The molecule has 0 aromatic heterocycles. The molecule has 1 amide bonds. The van der Waals surface area contributed by atoms with Gasteiger partial charge in [-0.25, -0.2) is 4.39 Å². The van der Waals surface area contributed by atoms with Gasteiger partial charge in [-0.3, -0.25) is 9.59 Å². The number of alkyl halides is 1. The van der Waals surface area contributed by atoms with Crippen LogP contribution in [0.2, 0.25) is 0 Å². The summed E-state index contributed by atoms with van der Waals surface area (Å²) in [5.74, 6) is -1.77. The van der Waals surface area contributed by atoms with E-state index in [0.717, 1.165) is 0 Å². The molecule has 1 rings (SSSR count). The summed E-state index contributed by atoms with van der Waals surface area (Å²) in [7, 11) is 0. The van der Waals surface area contributed by atoms with E-state index in [1.807, 2.05) is 0 Å². The molecule has 1 N–H and O–H groups in total. The maximum atomic E-state index is 12.6. The lowest BCUT2D eigenvalue weighted by Gasteiger charge is -2.36. The first-order chi connectivity index (χ1) is 5.52. The molecular formula is C7H10FNO3. The Balaban J connectivity index is 2.48. The molecule has 0 bridgehead atoms. The number of esters is 1. The lowest BCUT2D eigenvalue weighted by molar-refractivity contribution is -0.170. The number of β-lactam (4-membered cyclic amide) rings is 1. The van der Waals surface area contributed by atoms with Crippen LogP contribution in [-0.4, -0.2) is 24.3 Å². The van der Waals surface area contributed by atoms with Crippen LogP contribution in [0.3, 0.4) is 0 Å². The summed E-state index contributed by atoms with van der Waals surface area (Å²) in [4.78, 5) is 21.1. The molecule has 0 spiro atoms. The number of ether oxygens (including phenoxy) is 1. The fourth-order valence-corrected chi connectivity index (χ4v) is 1.10. The van der Waals surface area contributed by atoms with Gasteiger partial charge >= 0.3 is 5.97 Å². The van der Waals surface area contributed by atoms with Crippen LogP contribution in [0.1, 0.15) is 13.8 Å². The van der Waals surface area contributed by atoms with Crippen molar-refractivity contribution in [3.63, 3.8) is 0 Å². The van der Waals surface area contributed by atoms with E-state index in [4.69, 9.17) is 0 Å². The van der Waals surface area contributed by atoms with Gasteiger partial charge in [-0.05, 0) is 6.92 Å². The summed E-state index contributed by atoms with van der Waals surface area (Å²) in [5, 5.41) is 2.28. The lowest BCUT2D eigenvalue weighted by Crippen LogP contribution is -2.62. The summed E-state index contributed by atoms with van der Waals surface area (Å²) >= 11 is 0. The van der Waals surface area contributed by atoms with Crippen LogP contribution in [0.15, 0.2) is 0 Å². The Morgan fingerprint density at radius 3 is 2.67 bits per heavy atom. The largest absolute Gasteiger partial charge is 0.441 e. The van der Waals surface area contributed by atoms with Crippen LogP contribution in [0.5, 0.6) is 0 Å². The van der Waals surface area contributed by atoms with Gasteiger partial charge in [0.1, 0.15) is 12.1 Å². The number of rotatable bonds is 2. The molecule has 12 heavy (non-hydrogen) atoms. The van der Waals surface area contributed by atoms with Crippen LogP contribution in [0.25, 0.3) is 0 Å². The Kier molecular flexibility index (Phi) is 2.30. The summed E-state index contributed by atoms with van der Waals surface area (Å²) in [6.45, 7) is 2.48. The minimum atomic E-state index is -1.29. The van der Waals surface area contributed by atoms with E-state index in [1.165, 1.54) is 13.8 Å². The monoisotopic (exact) mass is 175 g/mol. The first-order valence-electron chi connectivity index (χ1n) is 3.64. The first kappa shape index (κ1) is 8.96. The highest BCUT2D eigenvalue weighted by atomic mass is 19.1. The minimum Gasteiger partial charge on any atom is -0.441 e. The van der Waals surface area contributed by atoms with Crippen molar-refractivity contribution in [2.24, 2.45) is 5.92 Å². The predicted octanol–water partition coefficient (Wildman–Crippen LogP) is -0.0204. The quantitative estimate of drug-likeness (QED) is 0.474. The molecule has 1 saturated heterocycles. The molecule has 0 unspecified atom stereocenters. The van der Waals surface area contributed by atoms with Crippen molar-refractivity contribution in [1.82, 2.24) is 5.32 Å². The molecule has 4 nitrogen and oxygen atoms in total. The fraction of sp³-hybridized carbons (Fsp3) is 0.714. The van der Waals surface area contributed by atoms with E-state index in [2.05, 4.69) is 10.1 Å². The van der Waals surface area contributed by atoms with E-state index >= 15 is 0 Å². The van der Waals surface area contributed by atoms with Gasteiger partial charge in [-0.1, -0.05) is 0 Å². The molecule has 0 aromatic rings. The summed E-state index contributed by atoms with van der Waals surface area (Å²) in [5.41, 5.74) is 0. The van der Waals surface area contributed by atoms with Gasteiger partial charge < -0.3 is 10.1 Å². The SMILES string of the molecule is CC(=O)O[C@H]1NC(=O)[C@@H]1[C@@H](C)F. The molecule has 1 fully saturated rings. The third-order valence-corrected chi connectivity index (χ3v) is 1.70. The highest BCUT2D eigenvalue weighted by molar-refractivity contribution is 5.86. The molecule has 5 heteroatoms. The van der Waals surface area contributed by atoms with Crippen molar-refractivity contribution >= 4 is 11.9 Å². The number of nitrogens with one attached hydrogen (secondary N) is 1. The van der Waals surface area contributed by atoms with Gasteiger partial charge in [0.15, 0.2) is 6.23 Å². The van der Waals surface area contributed by atoms with Gasteiger partial charge in [-0.2, -0.15) is 0 Å². The standard InChI is InChI=1S/C7H10FNO3/c1-3(8)5-6(11)9-7(5)12-4(2)10/h3,5,7H,1-2H3,(H,9,11)/t3-,5+,7-/m1/s1. The molecular weight excluding hydrogens is 165 g/mol. The van der Waals surface area contributed by atoms with Crippen molar-refractivity contribution in [3.8, 4) is 0 Å².